The number of nitrogens with one attached hydrogen (secondary N) is 1. The van der Waals surface area contributed by atoms with E-state index in [1.165, 1.54) is 37.0 Å². The highest BCUT2D eigenvalue weighted by Crippen LogP contribution is 2.28. The molecule has 0 aliphatic heterocycles. The third-order valence-electron chi connectivity index (χ3n) is 4.38. The minimum absolute atomic E-state index is 0.388. The van der Waals surface area contributed by atoms with E-state index in [1.54, 1.807) is 12.3 Å². The summed E-state index contributed by atoms with van der Waals surface area (Å²) in [5, 5.41) is 15.9. The van der Waals surface area contributed by atoms with Crippen molar-refractivity contribution in [3.8, 4) is 0 Å². The Kier molecular flexibility index (Phi) is 6.02. The molecule has 2 aromatic rings. The predicted octanol–water partition coefficient (Wildman–Crippen LogP) is -0.301. The molecule has 1 fully saturated rings. The number of nitrogens with zero attached hydrogens (tertiary/aromatic N) is 3. The molecule has 0 bridgehead atoms. The minimum atomic E-state index is 0.388. The molecule has 2 heterocycles. The molecule has 2 aromatic heterocycles. The molecule has 0 spiro atoms. The average Bonchev–Trinajstić information content (AvgIpc) is 3.20. The fraction of sp³-hybridized carbons (Fsp3) is 0.278. The highest BCUT2D eigenvalue weighted by Gasteiger charge is 2.25. The summed E-state index contributed by atoms with van der Waals surface area (Å²) in [6, 6.07) is 5.47. The van der Waals surface area contributed by atoms with Gasteiger partial charge in [-0.2, -0.15) is 0 Å². The molecule has 0 saturated heterocycles. The van der Waals surface area contributed by atoms with Crippen LogP contribution in [0.2, 0.25) is 0 Å². The molecule has 1 aliphatic carbocycles. The molecule has 3 rings (SSSR count). The summed E-state index contributed by atoms with van der Waals surface area (Å²) in [7, 11) is 0. The van der Waals surface area contributed by atoms with Gasteiger partial charge in [0, 0.05) is 18.0 Å². The Morgan fingerprint density at radius 1 is 1.30 bits per heavy atom. The van der Waals surface area contributed by atoms with E-state index in [4.69, 9.17) is 22.3 Å². The van der Waals surface area contributed by atoms with Crippen LogP contribution in [0.1, 0.15) is 25.7 Å². The van der Waals surface area contributed by atoms with Crippen molar-refractivity contribution in [1.29, 1.82) is 0 Å². The Balaban J connectivity index is 1.77. The Hall–Kier alpha value is -2.94. The summed E-state index contributed by atoms with van der Waals surface area (Å²) in [4.78, 5) is 13.3. The zero-order valence-corrected chi connectivity index (χ0v) is 15.7. The van der Waals surface area contributed by atoms with Crippen LogP contribution in [0.5, 0.6) is 0 Å². The van der Waals surface area contributed by atoms with E-state index in [0.717, 1.165) is 29.1 Å². The molecule has 1 aliphatic rings. The van der Waals surface area contributed by atoms with Gasteiger partial charge in [-0.3, -0.25) is 15.8 Å². The fourth-order valence-corrected chi connectivity index (χ4v) is 3.77. The Morgan fingerprint density at radius 3 is 2.78 bits per heavy atom. The first-order valence-electron chi connectivity index (χ1n) is 8.74. The van der Waals surface area contributed by atoms with Gasteiger partial charge in [0.05, 0.1) is 28.8 Å². The smallest absolute Gasteiger partial charge is 0.218 e. The Bertz CT molecular complexity index is 915. The minimum Gasteiger partial charge on any atom is -0.403 e. The van der Waals surface area contributed by atoms with Crippen LogP contribution in [0, 0.1) is 5.92 Å². The maximum atomic E-state index is 6.17. The van der Waals surface area contributed by atoms with Crippen molar-refractivity contribution in [2.24, 2.45) is 22.4 Å². The number of allylic oxidation sites excluding steroid dienone is 1. The molecule has 8 nitrogen and oxygen atoms in total. The van der Waals surface area contributed by atoms with Crippen LogP contribution in [0.3, 0.4) is 0 Å². The van der Waals surface area contributed by atoms with Crippen LogP contribution >= 0.6 is 11.8 Å². The van der Waals surface area contributed by atoms with E-state index in [9.17, 15) is 0 Å². The van der Waals surface area contributed by atoms with Crippen LogP contribution in [0.25, 0.3) is 11.0 Å². The summed E-state index contributed by atoms with van der Waals surface area (Å²) in [6.45, 7) is 0. The van der Waals surface area contributed by atoms with Gasteiger partial charge in [-0.25, -0.2) is 9.98 Å². The van der Waals surface area contributed by atoms with Crippen molar-refractivity contribution in [2.75, 3.05) is 5.32 Å². The molecule has 0 atom stereocenters. The van der Waals surface area contributed by atoms with Crippen molar-refractivity contribution >= 4 is 50.7 Å². The zero-order valence-electron chi connectivity index (χ0n) is 14.9. The Morgan fingerprint density at radius 2 is 2.07 bits per heavy atom. The lowest BCUT2D eigenvalue weighted by atomic mass is 10.1. The molecule has 9 heteroatoms. The van der Waals surface area contributed by atoms with Gasteiger partial charge < -0.3 is 16.8 Å². The van der Waals surface area contributed by atoms with Gasteiger partial charge in [0.25, 0.3) is 0 Å². The number of amidine groups is 1. The third kappa shape index (κ3) is 4.82. The number of thioether (sulfide) groups is 1. The number of anilines is 1. The van der Waals surface area contributed by atoms with Gasteiger partial charge in [0.1, 0.15) is 5.70 Å². The first-order valence-corrected chi connectivity index (χ1v) is 9.55. The van der Waals surface area contributed by atoms with E-state index in [0.29, 0.717) is 28.1 Å². The second-order valence-corrected chi connectivity index (χ2v) is 7.38. The quantitative estimate of drug-likeness (QED) is 0.352. The van der Waals surface area contributed by atoms with Gasteiger partial charge in [-0.1, -0.05) is 12.8 Å². The van der Waals surface area contributed by atoms with Gasteiger partial charge in [0.15, 0.2) is 17.2 Å². The van der Waals surface area contributed by atoms with Crippen molar-refractivity contribution in [3.05, 3.63) is 36.3 Å². The lowest BCUT2D eigenvalue weighted by molar-refractivity contribution is -0.114. The highest BCUT2D eigenvalue weighted by molar-refractivity contribution is 8.26. The van der Waals surface area contributed by atoms with E-state index < -0.39 is 0 Å². The third-order valence-corrected chi connectivity index (χ3v) is 5.24. The lowest BCUT2D eigenvalue weighted by Crippen LogP contribution is -2.42. The van der Waals surface area contributed by atoms with Crippen molar-refractivity contribution in [3.63, 3.8) is 0 Å². The first-order chi connectivity index (χ1) is 13.1. The van der Waals surface area contributed by atoms with Crippen LogP contribution in [0.15, 0.2) is 41.3 Å². The molecule has 0 radical (unpaired) electrons. The average molecular weight is 385 g/mol. The Labute approximate surface area is 161 Å². The number of rotatable bonds is 5. The van der Waals surface area contributed by atoms with Crippen molar-refractivity contribution in [1.82, 2.24) is 9.97 Å². The molecule has 0 aromatic carbocycles. The second-order valence-electron chi connectivity index (χ2n) is 6.28. The molecule has 27 heavy (non-hydrogen) atoms. The van der Waals surface area contributed by atoms with E-state index >= 15 is 0 Å². The maximum absolute atomic E-state index is 6.17. The molecule has 0 amide bonds. The van der Waals surface area contributed by atoms with Crippen LogP contribution in [-0.4, -0.2) is 26.4 Å². The van der Waals surface area contributed by atoms with Gasteiger partial charge in [-0.15, -0.1) is 0 Å². The summed E-state index contributed by atoms with van der Waals surface area (Å²) in [5.41, 5.74) is 14.3. The lowest BCUT2D eigenvalue weighted by Gasteiger charge is -2.06. The topological polar surface area (TPSA) is 153 Å². The monoisotopic (exact) mass is 384 g/mol. The van der Waals surface area contributed by atoms with Crippen LogP contribution < -0.4 is 27.6 Å². The van der Waals surface area contributed by atoms with Gasteiger partial charge in [0.2, 0.25) is 5.04 Å². The van der Waals surface area contributed by atoms with E-state index in [2.05, 4.69) is 20.3 Å². The second kappa shape index (κ2) is 8.63. The molecule has 9 N–H and O–H groups in total. The van der Waals surface area contributed by atoms with Gasteiger partial charge in [-0.05, 0) is 31.0 Å². The number of hydrogen-bond acceptors (Lipinski definition) is 6. The number of aliphatic imine (C=N–C) groups is 1. The molecular weight excluding hydrogens is 360 g/mol. The summed E-state index contributed by atoms with van der Waals surface area (Å²) >= 11 is 1.33. The van der Waals surface area contributed by atoms with E-state index in [1.807, 2.05) is 12.1 Å². The number of pyridine rings is 2. The summed E-state index contributed by atoms with van der Waals surface area (Å²) in [5.74, 6) is 0.931. The largest absolute Gasteiger partial charge is 0.403 e. The van der Waals surface area contributed by atoms with Crippen molar-refractivity contribution < 1.29 is 10.8 Å². The number of fused-ring (bicyclic) bond motifs is 1. The van der Waals surface area contributed by atoms with Crippen LogP contribution in [-0.2, 0) is 0 Å². The fourth-order valence-electron chi connectivity index (χ4n) is 2.98. The first kappa shape index (κ1) is 18.8. The summed E-state index contributed by atoms with van der Waals surface area (Å²) in [6.07, 6.45) is 9.13. The van der Waals surface area contributed by atoms with Crippen LogP contribution in [0.4, 0.5) is 11.5 Å². The van der Waals surface area contributed by atoms with Gasteiger partial charge >= 0.3 is 0 Å². The van der Waals surface area contributed by atoms with E-state index in [-0.39, 0.29) is 0 Å². The normalized spacial score (nSPS) is 15.9. The van der Waals surface area contributed by atoms with Crippen molar-refractivity contribution in [2.45, 2.75) is 25.7 Å². The SMILES string of the molecule is N/C=C(\C=[NH2+])Nc1cnc2ccc(N=C(N)SC(=[NH2+])C3CCCC3)nc2c1. The number of nitrogens with two attached hydrogens (primary N) is 4. The standard InChI is InChI=1S/C18H22N8S/c19-8-13(9-20)24-12-7-15-14(23-10-12)5-6-16(25-15)26-18(22)27-17(21)11-3-1-2-4-11/h5-11,19,21,24H,1-4,20H2,(H2,22,25,26)/p+2/b13-9+,19-8?,21-17?. The number of hydrogen-bond donors (Lipinski definition) is 5. The maximum Gasteiger partial charge on any atom is 0.218 e. The predicted molar refractivity (Wildman–Crippen MR) is 111 cm³/mol. The molecule has 1 saturated carbocycles. The number of aromatic nitrogens is 2. The molecule has 140 valence electrons. The summed E-state index contributed by atoms with van der Waals surface area (Å²) < 4.78 is 0. The highest BCUT2D eigenvalue weighted by atomic mass is 32.2. The molecule has 0 unspecified atom stereocenters. The zero-order chi connectivity index (χ0) is 19.2. The molecular formula is C18H24N8S+2.